The Morgan fingerprint density at radius 2 is 1.48 bits per heavy atom. The summed E-state index contributed by atoms with van der Waals surface area (Å²) in [5.74, 6) is 0.672. The van der Waals surface area contributed by atoms with Crippen LogP contribution in [0.1, 0.15) is 57.6 Å². The highest BCUT2D eigenvalue weighted by Crippen LogP contribution is 2.37. The number of hydrogen-bond donors (Lipinski definition) is 0. The fourth-order valence-corrected chi connectivity index (χ4v) is 3.57. The van der Waals surface area contributed by atoms with E-state index in [4.69, 9.17) is 4.99 Å². The summed E-state index contributed by atoms with van der Waals surface area (Å²) in [4.78, 5) is 16.0. The van der Waals surface area contributed by atoms with Crippen molar-refractivity contribution in [2.45, 2.75) is 46.5 Å². The van der Waals surface area contributed by atoms with E-state index < -0.39 is 0 Å². The second kappa shape index (κ2) is 11.6. The van der Waals surface area contributed by atoms with Gasteiger partial charge < -0.3 is 0 Å². The molecule has 27 heavy (non-hydrogen) atoms. The molecule has 2 nitrogen and oxygen atoms in total. The molecule has 0 radical (unpaired) electrons. The second-order valence-electron chi connectivity index (χ2n) is 6.59. The zero-order chi connectivity index (χ0) is 19.5. The van der Waals surface area contributed by atoms with Crippen LogP contribution >= 0.6 is 11.8 Å². The van der Waals surface area contributed by atoms with Crippen molar-refractivity contribution in [1.29, 1.82) is 0 Å². The highest BCUT2D eigenvalue weighted by molar-refractivity contribution is 8.14. The van der Waals surface area contributed by atoms with Crippen molar-refractivity contribution in [1.82, 2.24) is 0 Å². The summed E-state index contributed by atoms with van der Waals surface area (Å²) in [5, 5.41) is 1.02. The molecule has 2 aromatic rings. The fourth-order valence-electron chi connectivity index (χ4n) is 2.80. The lowest BCUT2D eigenvalue weighted by atomic mass is 9.99. The number of aliphatic imine (C=N–C) groups is 1. The van der Waals surface area contributed by atoms with Gasteiger partial charge in [0.2, 0.25) is 0 Å². The van der Waals surface area contributed by atoms with Crippen LogP contribution in [0.25, 0.3) is 11.3 Å². The van der Waals surface area contributed by atoms with Crippen molar-refractivity contribution in [3.8, 4) is 0 Å². The number of thioether (sulfide) groups is 1. The summed E-state index contributed by atoms with van der Waals surface area (Å²) >= 11 is 1.55. The summed E-state index contributed by atoms with van der Waals surface area (Å²) in [6.45, 7) is 6.04. The summed E-state index contributed by atoms with van der Waals surface area (Å²) in [6, 6.07) is 20.6. The van der Waals surface area contributed by atoms with E-state index in [1.807, 2.05) is 36.4 Å². The van der Waals surface area contributed by atoms with Crippen LogP contribution in [-0.4, -0.2) is 16.6 Å². The van der Waals surface area contributed by atoms with Gasteiger partial charge in [-0.05, 0) is 18.1 Å². The zero-order valence-corrected chi connectivity index (χ0v) is 17.4. The molecule has 2 aromatic carbocycles. The lowest BCUT2D eigenvalue weighted by Gasteiger charge is -2.06. The average molecular weight is 380 g/mol. The first-order valence-electron chi connectivity index (χ1n) is 9.69. The van der Waals surface area contributed by atoms with Crippen LogP contribution in [0.3, 0.4) is 0 Å². The topological polar surface area (TPSA) is 29.4 Å². The number of unbranched alkanes of at least 4 members (excludes halogenated alkanes) is 2. The van der Waals surface area contributed by atoms with Crippen LogP contribution in [-0.2, 0) is 4.79 Å². The molecule has 3 heteroatoms. The van der Waals surface area contributed by atoms with E-state index in [1.165, 1.54) is 30.4 Å². The van der Waals surface area contributed by atoms with E-state index in [-0.39, 0.29) is 5.78 Å². The minimum atomic E-state index is 0.183. The minimum absolute atomic E-state index is 0.183. The van der Waals surface area contributed by atoms with E-state index in [0.29, 0.717) is 5.75 Å². The molecule has 0 atom stereocenters. The van der Waals surface area contributed by atoms with Crippen LogP contribution < -0.4 is 0 Å². The lowest BCUT2D eigenvalue weighted by molar-refractivity contribution is -0.114. The number of allylic oxidation sites excluding steroid dienone is 1. The maximum absolute atomic E-state index is 11.2. The third-order valence-electron chi connectivity index (χ3n) is 4.17. The number of carbonyl (C=O) groups is 1. The molecule has 1 aliphatic rings. The summed E-state index contributed by atoms with van der Waals surface area (Å²) in [7, 11) is 0. The Bertz CT molecular complexity index is 777. The smallest absolute Gasteiger partial charge is 0.140 e. The van der Waals surface area contributed by atoms with Gasteiger partial charge in [0.25, 0.3) is 0 Å². The normalized spacial score (nSPS) is 13.1. The van der Waals surface area contributed by atoms with Crippen LogP contribution in [0.4, 0.5) is 0 Å². The Hall–Kier alpha value is -2.13. The first kappa shape index (κ1) is 21.2. The van der Waals surface area contributed by atoms with Gasteiger partial charge in [-0.2, -0.15) is 0 Å². The van der Waals surface area contributed by atoms with Gasteiger partial charge in [-0.25, -0.2) is 4.99 Å². The van der Waals surface area contributed by atoms with Crippen molar-refractivity contribution in [2.75, 3.05) is 5.75 Å². The largest absolute Gasteiger partial charge is 0.299 e. The van der Waals surface area contributed by atoms with Crippen molar-refractivity contribution < 1.29 is 4.79 Å². The predicted octanol–water partition coefficient (Wildman–Crippen LogP) is 6.88. The van der Waals surface area contributed by atoms with Gasteiger partial charge in [-0.15, -0.1) is 11.8 Å². The Balaban J connectivity index is 0.000000465. The third kappa shape index (κ3) is 6.84. The molecule has 0 aromatic heterocycles. The molecule has 142 valence electrons. The van der Waals surface area contributed by atoms with Gasteiger partial charge in [-0.3, -0.25) is 4.79 Å². The zero-order valence-electron chi connectivity index (χ0n) is 16.6. The van der Waals surface area contributed by atoms with E-state index in [1.54, 1.807) is 18.7 Å². The number of rotatable bonds is 6. The molecule has 0 unspecified atom stereocenters. The predicted molar refractivity (Wildman–Crippen MR) is 120 cm³/mol. The minimum Gasteiger partial charge on any atom is -0.299 e. The van der Waals surface area contributed by atoms with Crippen molar-refractivity contribution >= 4 is 33.9 Å². The van der Waals surface area contributed by atoms with Gasteiger partial charge in [0, 0.05) is 12.0 Å². The number of nitrogens with zero attached hydrogens (tertiary/aromatic N) is 1. The maximum Gasteiger partial charge on any atom is 0.140 e. The molecule has 0 aliphatic carbocycles. The molecular weight excluding hydrogens is 350 g/mol. The fraction of sp³-hybridized carbons (Fsp3) is 0.333. The third-order valence-corrected chi connectivity index (χ3v) is 5.29. The molecule has 0 fully saturated rings. The summed E-state index contributed by atoms with van der Waals surface area (Å²) in [5.41, 5.74) is 4.58. The van der Waals surface area contributed by atoms with Gasteiger partial charge in [0.1, 0.15) is 5.78 Å². The SMILES string of the molecule is CC(=O)CSC1=NC(c2ccccc2)=C(c2ccccc2)C1.CCCCC. The number of Topliss-reactive ketones (excluding diaryl/α,β-unsaturated/α-hetero) is 1. The number of benzene rings is 2. The molecule has 0 N–H and O–H groups in total. The quantitative estimate of drug-likeness (QED) is 0.547. The monoisotopic (exact) mass is 379 g/mol. The van der Waals surface area contributed by atoms with Crippen molar-refractivity contribution in [2.24, 2.45) is 4.99 Å². The van der Waals surface area contributed by atoms with Gasteiger partial charge in [0.15, 0.2) is 0 Å². The van der Waals surface area contributed by atoms with Gasteiger partial charge in [0.05, 0.1) is 16.5 Å². The molecule has 0 amide bonds. The second-order valence-corrected chi connectivity index (χ2v) is 7.63. The Morgan fingerprint density at radius 1 is 0.926 bits per heavy atom. The van der Waals surface area contributed by atoms with Crippen molar-refractivity contribution in [3.05, 3.63) is 71.8 Å². The van der Waals surface area contributed by atoms with Crippen molar-refractivity contribution in [3.63, 3.8) is 0 Å². The molecule has 3 rings (SSSR count). The lowest BCUT2D eigenvalue weighted by Crippen LogP contribution is -1.98. The Kier molecular flexibility index (Phi) is 9.06. The number of hydrogen-bond acceptors (Lipinski definition) is 3. The average Bonchev–Trinajstić information content (AvgIpc) is 3.13. The van der Waals surface area contributed by atoms with E-state index in [0.717, 1.165) is 22.7 Å². The van der Waals surface area contributed by atoms with Crippen LogP contribution in [0.15, 0.2) is 65.7 Å². The standard InChI is InChI=1S/C19H17NOS.C5H12/c1-14(21)13-22-18-12-17(15-8-4-2-5-9-15)19(20-18)16-10-6-3-7-11-16;1-3-5-4-2/h2-11H,12-13H2,1H3;3-5H2,1-2H3. The van der Waals surface area contributed by atoms with Crippen LogP contribution in [0.5, 0.6) is 0 Å². The Labute approximate surface area is 167 Å². The Morgan fingerprint density at radius 3 is 1.96 bits per heavy atom. The number of ketones is 1. The van der Waals surface area contributed by atoms with E-state index >= 15 is 0 Å². The first-order chi connectivity index (χ1) is 13.2. The van der Waals surface area contributed by atoms with E-state index in [2.05, 4.69) is 38.1 Å². The molecule has 0 saturated carbocycles. The first-order valence-corrected chi connectivity index (χ1v) is 10.7. The molecule has 1 heterocycles. The molecule has 0 bridgehead atoms. The highest BCUT2D eigenvalue weighted by Gasteiger charge is 2.21. The molecule has 0 spiro atoms. The molecular formula is C24H29NOS. The van der Waals surface area contributed by atoms with Gasteiger partial charge >= 0.3 is 0 Å². The van der Waals surface area contributed by atoms with Gasteiger partial charge in [-0.1, -0.05) is 93.8 Å². The summed E-state index contributed by atoms with van der Waals surface area (Å²) in [6.07, 6.45) is 4.87. The van der Waals surface area contributed by atoms with Crippen LogP contribution in [0.2, 0.25) is 0 Å². The number of carbonyl (C=O) groups excluding carboxylic acids is 1. The van der Waals surface area contributed by atoms with Crippen LogP contribution in [0, 0.1) is 0 Å². The summed E-state index contributed by atoms with van der Waals surface area (Å²) < 4.78 is 0. The molecule has 1 aliphatic heterocycles. The van der Waals surface area contributed by atoms with E-state index in [9.17, 15) is 4.79 Å². The maximum atomic E-state index is 11.2. The highest BCUT2D eigenvalue weighted by atomic mass is 32.2. The molecule has 0 saturated heterocycles.